The van der Waals surface area contributed by atoms with Crippen molar-refractivity contribution in [3.05, 3.63) is 70.2 Å². The Balaban J connectivity index is 1.51. The summed E-state index contributed by atoms with van der Waals surface area (Å²) in [4.78, 5) is 5.38. The lowest BCUT2D eigenvalue weighted by molar-refractivity contribution is -0.137. The second-order valence-corrected chi connectivity index (χ2v) is 6.19. The maximum atomic E-state index is 12.7. The number of oxime groups is 1. The van der Waals surface area contributed by atoms with Gasteiger partial charge in [-0.1, -0.05) is 53.2 Å². The van der Waals surface area contributed by atoms with Gasteiger partial charge in [0, 0.05) is 30.1 Å². The zero-order valence-corrected chi connectivity index (χ0v) is 13.9. The monoisotopic (exact) mass is 368 g/mol. The minimum absolute atomic E-state index is 0.169. The molecule has 0 aromatic heterocycles. The topological polar surface area (TPSA) is 33.6 Å². The van der Waals surface area contributed by atoms with Crippen LogP contribution in [0.2, 0.25) is 5.02 Å². The van der Waals surface area contributed by atoms with Crippen LogP contribution in [-0.4, -0.2) is 18.4 Å². The van der Waals surface area contributed by atoms with Crippen LogP contribution in [0.3, 0.4) is 0 Å². The second kappa shape index (κ2) is 7.45. The predicted molar refractivity (Wildman–Crippen MR) is 90.6 cm³/mol. The molecule has 7 heteroatoms. The van der Waals surface area contributed by atoms with Crippen molar-refractivity contribution in [3.63, 3.8) is 0 Å². The summed E-state index contributed by atoms with van der Waals surface area (Å²) in [7, 11) is 0. The first-order valence-corrected chi connectivity index (χ1v) is 8.16. The molecule has 1 aliphatic rings. The molecule has 0 radical (unpaired) electrons. The molecule has 0 amide bonds. The summed E-state index contributed by atoms with van der Waals surface area (Å²) in [6, 6.07) is 12.7. The van der Waals surface area contributed by atoms with E-state index < -0.39 is 11.7 Å². The Labute approximate surface area is 148 Å². The normalized spacial score (nSPS) is 17.3. The first-order chi connectivity index (χ1) is 11.9. The fraction of sp³-hybridized carbons (Fsp3) is 0.278. The van der Waals surface area contributed by atoms with E-state index in [2.05, 4.69) is 10.5 Å². The van der Waals surface area contributed by atoms with Crippen molar-refractivity contribution in [1.82, 2.24) is 5.32 Å². The van der Waals surface area contributed by atoms with Crippen molar-refractivity contribution in [2.45, 2.75) is 25.2 Å². The number of benzene rings is 2. The van der Waals surface area contributed by atoms with Crippen molar-refractivity contribution in [2.24, 2.45) is 5.16 Å². The lowest BCUT2D eigenvalue weighted by atomic mass is 10.0. The van der Waals surface area contributed by atoms with Crippen LogP contribution in [0.4, 0.5) is 13.2 Å². The fourth-order valence-corrected chi connectivity index (χ4v) is 2.87. The third-order valence-electron chi connectivity index (χ3n) is 3.87. The molecule has 1 aliphatic heterocycles. The van der Waals surface area contributed by atoms with Crippen LogP contribution in [0.25, 0.3) is 0 Å². The summed E-state index contributed by atoms with van der Waals surface area (Å²) < 4.78 is 38.1. The van der Waals surface area contributed by atoms with E-state index >= 15 is 0 Å². The quantitative estimate of drug-likeness (QED) is 0.834. The Morgan fingerprint density at radius 2 is 1.96 bits per heavy atom. The highest BCUT2D eigenvalue weighted by Gasteiger charge is 2.30. The molecular weight excluding hydrogens is 353 g/mol. The summed E-state index contributed by atoms with van der Waals surface area (Å²) in [6.07, 6.45) is -3.90. The first-order valence-electron chi connectivity index (χ1n) is 7.78. The molecule has 0 bridgehead atoms. The Morgan fingerprint density at radius 3 is 2.72 bits per heavy atom. The van der Waals surface area contributed by atoms with Crippen molar-refractivity contribution in [3.8, 4) is 0 Å². The zero-order chi connectivity index (χ0) is 17.9. The van der Waals surface area contributed by atoms with Crippen LogP contribution in [-0.2, 0) is 17.6 Å². The molecule has 0 aliphatic carbocycles. The highest BCUT2D eigenvalue weighted by atomic mass is 35.5. The molecule has 2 aromatic carbocycles. The van der Waals surface area contributed by atoms with Gasteiger partial charge in [-0.3, -0.25) is 0 Å². The third kappa shape index (κ3) is 4.52. The van der Waals surface area contributed by atoms with Gasteiger partial charge in [0.1, 0.15) is 6.10 Å². The summed E-state index contributed by atoms with van der Waals surface area (Å²) in [5, 5.41) is 7.79. The fourth-order valence-electron chi connectivity index (χ4n) is 2.63. The van der Waals surface area contributed by atoms with E-state index in [1.54, 1.807) is 12.1 Å². The number of hydrogen-bond acceptors (Lipinski definition) is 3. The van der Waals surface area contributed by atoms with Crippen LogP contribution >= 0.6 is 11.6 Å². The van der Waals surface area contributed by atoms with E-state index in [-0.39, 0.29) is 6.10 Å². The molecular formula is C18H16ClF3N2O. The van der Waals surface area contributed by atoms with Crippen LogP contribution in [0.5, 0.6) is 0 Å². The van der Waals surface area contributed by atoms with Gasteiger partial charge in [-0.2, -0.15) is 13.2 Å². The largest absolute Gasteiger partial charge is 0.416 e. The summed E-state index contributed by atoms with van der Waals surface area (Å²) in [5.74, 6) is 0. The molecule has 0 saturated carbocycles. The number of rotatable bonds is 5. The third-order valence-corrected chi connectivity index (χ3v) is 4.20. The van der Waals surface area contributed by atoms with Crippen LogP contribution in [0, 0.1) is 0 Å². The van der Waals surface area contributed by atoms with Crippen LogP contribution in [0.15, 0.2) is 53.7 Å². The van der Waals surface area contributed by atoms with Crippen molar-refractivity contribution >= 4 is 17.3 Å². The summed E-state index contributed by atoms with van der Waals surface area (Å²) in [6.45, 7) is 0.804. The van der Waals surface area contributed by atoms with Crippen LogP contribution in [0.1, 0.15) is 23.1 Å². The minimum Gasteiger partial charge on any atom is -0.390 e. The zero-order valence-electron chi connectivity index (χ0n) is 13.2. The Hall–Kier alpha value is -2.05. The summed E-state index contributed by atoms with van der Waals surface area (Å²) >= 11 is 6.14. The van der Waals surface area contributed by atoms with Crippen LogP contribution < -0.4 is 5.32 Å². The van der Waals surface area contributed by atoms with Crippen molar-refractivity contribution in [1.29, 1.82) is 0 Å². The van der Waals surface area contributed by atoms with E-state index in [1.165, 1.54) is 6.07 Å². The standard InChI is InChI=1S/C18H16ClF3N2O/c19-16-7-2-1-6-15(16)17-9-14(25-24-17)11-23-10-12-4-3-5-13(8-12)18(20,21)22/h1-8,14,23H,9-11H2/t14-/m1/s1. The van der Waals surface area contributed by atoms with E-state index in [1.807, 2.05) is 18.2 Å². The molecule has 3 nitrogen and oxygen atoms in total. The van der Waals surface area contributed by atoms with Gasteiger partial charge in [-0.25, -0.2) is 0 Å². The number of nitrogens with one attached hydrogen (secondary N) is 1. The SMILES string of the molecule is FC(F)(F)c1cccc(CNC[C@H]2CC(c3ccccc3Cl)=NO2)c1. The van der Waals surface area contributed by atoms with E-state index in [0.717, 1.165) is 23.4 Å². The highest BCUT2D eigenvalue weighted by molar-refractivity contribution is 6.34. The Morgan fingerprint density at radius 1 is 1.16 bits per heavy atom. The molecule has 0 unspecified atom stereocenters. The lowest BCUT2D eigenvalue weighted by Gasteiger charge is -2.11. The molecule has 2 aromatic rings. The molecule has 1 heterocycles. The van der Waals surface area contributed by atoms with Gasteiger partial charge >= 0.3 is 6.18 Å². The average molecular weight is 369 g/mol. The predicted octanol–water partition coefficient (Wildman–Crippen LogP) is 4.64. The molecule has 25 heavy (non-hydrogen) atoms. The number of halogens is 4. The van der Waals surface area contributed by atoms with Crippen molar-refractivity contribution in [2.75, 3.05) is 6.54 Å². The van der Waals surface area contributed by atoms with Gasteiger partial charge in [0.15, 0.2) is 0 Å². The maximum Gasteiger partial charge on any atom is 0.416 e. The number of alkyl halides is 3. The van der Waals surface area contributed by atoms with Gasteiger partial charge in [0.05, 0.1) is 11.3 Å². The van der Waals surface area contributed by atoms with Gasteiger partial charge in [-0.05, 0) is 17.7 Å². The molecule has 0 fully saturated rings. The Kier molecular flexibility index (Phi) is 5.30. The minimum atomic E-state index is -4.33. The smallest absolute Gasteiger partial charge is 0.390 e. The van der Waals surface area contributed by atoms with E-state index in [0.29, 0.717) is 30.1 Å². The lowest BCUT2D eigenvalue weighted by Crippen LogP contribution is -2.27. The van der Waals surface area contributed by atoms with E-state index in [4.69, 9.17) is 16.4 Å². The maximum absolute atomic E-state index is 12.7. The molecule has 3 rings (SSSR count). The van der Waals surface area contributed by atoms with E-state index in [9.17, 15) is 13.2 Å². The highest BCUT2D eigenvalue weighted by Crippen LogP contribution is 2.29. The average Bonchev–Trinajstić information content (AvgIpc) is 3.03. The molecule has 0 saturated heterocycles. The first kappa shape index (κ1) is 17.8. The molecule has 0 spiro atoms. The molecule has 132 valence electrons. The Bertz CT molecular complexity index is 777. The van der Waals surface area contributed by atoms with Gasteiger partial charge in [-0.15, -0.1) is 0 Å². The number of nitrogens with zero attached hydrogens (tertiary/aromatic N) is 1. The summed E-state index contributed by atoms with van der Waals surface area (Å²) in [5.41, 5.74) is 1.54. The molecule has 1 atom stereocenters. The second-order valence-electron chi connectivity index (χ2n) is 5.78. The van der Waals surface area contributed by atoms with Gasteiger partial charge < -0.3 is 10.2 Å². The number of hydrogen-bond donors (Lipinski definition) is 1. The van der Waals surface area contributed by atoms with Crippen molar-refractivity contribution < 1.29 is 18.0 Å². The molecule has 1 N–H and O–H groups in total. The van der Waals surface area contributed by atoms with Gasteiger partial charge in [0.2, 0.25) is 0 Å². The van der Waals surface area contributed by atoms with Gasteiger partial charge in [0.25, 0.3) is 0 Å².